The number of nitro benzene ring substituents is 1. The summed E-state index contributed by atoms with van der Waals surface area (Å²) in [6.07, 6.45) is 0. The summed E-state index contributed by atoms with van der Waals surface area (Å²) in [6, 6.07) is 4.50. The number of H-pyrrole nitrogens is 1. The molecule has 2 rings (SSSR count). The van der Waals surface area contributed by atoms with Gasteiger partial charge in [0.1, 0.15) is 5.75 Å². The predicted molar refractivity (Wildman–Crippen MR) is 63.9 cm³/mol. The molecular formula is C10H9N3O4S. The largest absolute Gasteiger partial charge is 0.484 e. The minimum absolute atomic E-state index is 0.0552. The predicted octanol–water partition coefficient (Wildman–Crippen LogP) is 2.53. The van der Waals surface area contributed by atoms with E-state index in [0.29, 0.717) is 17.2 Å². The van der Waals surface area contributed by atoms with E-state index in [4.69, 9.17) is 21.4 Å². The highest BCUT2D eigenvalue weighted by Crippen LogP contribution is 2.23. The molecule has 1 aromatic heterocycles. The quantitative estimate of drug-likeness (QED) is 0.519. The van der Waals surface area contributed by atoms with Crippen LogP contribution in [0, 0.1) is 21.9 Å². The first kappa shape index (κ1) is 12.2. The molecule has 0 saturated carbocycles. The Morgan fingerprint density at radius 1 is 1.61 bits per heavy atom. The van der Waals surface area contributed by atoms with E-state index < -0.39 is 4.92 Å². The molecule has 18 heavy (non-hydrogen) atoms. The van der Waals surface area contributed by atoms with Gasteiger partial charge in [-0.3, -0.25) is 10.1 Å². The fourth-order valence-electron chi connectivity index (χ4n) is 1.39. The maximum Gasteiger partial charge on any atom is 0.284 e. The lowest BCUT2D eigenvalue weighted by Crippen LogP contribution is -1.97. The molecule has 0 aliphatic rings. The summed E-state index contributed by atoms with van der Waals surface area (Å²) in [6.45, 7) is 1.75. The molecule has 1 heterocycles. The zero-order valence-electron chi connectivity index (χ0n) is 9.37. The molecule has 8 heteroatoms. The van der Waals surface area contributed by atoms with E-state index in [9.17, 15) is 10.1 Å². The van der Waals surface area contributed by atoms with Crippen molar-refractivity contribution in [3.63, 3.8) is 0 Å². The summed E-state index contributed by atoms with van der Waals surface area (Å²) < 4.78 is 10.4. The van der Waals surface area contributed by atoms with Crippen molar-refractivity contribution in [2.45, 2.75) is 13.5 Å². The molecule has 0 unspecified atom stereocenters. The van der Waals surface area contributed by atoms with Crippen LogP contribution < -0.4 is 4.74 Å². The average molecular weight is 267 g/mol. The summed E-state index contributed by atoms with van der Waals surface area (Å²) in [5.74, 6) is 0.818. The third-order valence-corrected chi connectivity index (χ3v) is 2.38. The standard InChI is InChI=1S/C10H9N3O4S/c1-6-4-7(2-3-8(6)13(14)15)16-5-9-11-12-10(18)17-9/h2-4H,5H2,1H3,(H,12,18). The van der Waals surface area contributed by atoms with Gasteiger partial charge in [0.05, 0.1) is 4.92 Å². The maximum atomic E-state index is 10.6. The van der Waals surface area contributed by atoms with E-state index >= 15 is 0 Å². The molecule has 0 amide bonds. The first-order valence-corrected chi connectivity index (χ1v) is 5.39. The number of ether oxygens (including phenoxy) is 1. The Labute approximate surface area is 107 Å². The molecule has 0 bridgehead atoms. The van der Waals surface area contributed by atoms with Crippen LogP contribution in [0.5, 0.6) is 5.75 Å². The Morgan fingerprint density at radius 2 is 2.39 bits per heavy atom. The second-order valence-electron chi connectivity index (χ2n) is 3.50. The molecule has 7 nitrogen and oxygen atoms in total. The van der Waals surface area contributed by atoms with Gasteiger partial charge in [0.2, 0.25) is 0 Å². The van der Waals surface area contributed by atoms with Crippen molar-refractivity contribution in [3.05, 3.63) is 44.6 Å². The Balaban J connectivity index is 2.08. The van der Waals surface area contributed by atoms with Crippen LogP contribution in [0.15, 0.2) is 22.6 Å². The number of rotatable bonds is 4. The normalized spacial score (nSPS) is 10.3. The number of benzene rings is 1. The van der Waals surface area contributed by atoms with Gasteiger partial charge in [-0.05, 0) is 31.3 Å². The van der Waals surface area contributed by atoms with E-state index in [0.717, 1.165) is 0 Å². The SMILES string of the molecule is Cc1cc(OCc2n[nH]c(=S)o2)ccc1[N+](=O)[O-]. The lowest BCUT2D eigenvalue weighted by molar-refractivity contribution is -0.385. The van der Waals surface area contributed by atoms with Crippen LogP contribution in [0.1, 0.15) is 11.5 Å². The topological polar surface area (TPSA) is 94.2 Å². The van der Waals surface area contributed by atoms with Crippen LogP contribution in [0.3, 0.4) is 0 Å². The zero-order valence-corrected chi connectivity index (χ0v) is 10.2. The molecule has 1 aromatic carbocycles. The monoisotopic (exact) mass is 267 g/mol. The van der Waals surface area contributed by atoms with Crippen molar-refractivity contribution in [2.24, 2.45) is 0 Å². The van der Waals surface area contributed by atoms with Crippen LogP contribution in [0.2, 0.25) is 0 Å². The van der Waals surface area contributed by atoms with Gasteiger partial charge in [-0.1, -0.05) is 0 Å². The summed E-state index contributed by atoms with van der Waals surface area (Å²) in [5.41, 5.74) is 0.583. The second kappa shape index (κ2) is 4.96. The van der Waals surface area contributed by atoms with Crippen molar-refractivity contribution in [2.75, 3.05) is 0 Å². The van der Waals surface area contributed by atoms with E-state index in [1.807, 2.05) is 0 Å². The maximum absolute atomic E-state index is 10.6. The van der Waals surface area contributed by atoms with Crippen molar-refractivity contribution in [1.82, 2.24) is 10.2 Å². The zero-order chi connectivity index (χ0) is 13.1. The fourth-order valence-corrected chi connectivity index (χ4v) is 1.53. The molecule has 0 atom stereocenters. The summed E-state index contributed by atoms with van der Waals surface area (Å²) in [7, 11) is 0. The minimum atomic E-state index is -0.439. The molecule has 0 radical (unpaired) electrons. The Bertz CT molecular complexity index is 634. The molecule has 0 aliphatic heterocycles. The van der Waals surface area contributed by atoms with E-state index in [1.165, 1.54) is 12.1 Å². The van der Waals surface area contributed by atoms with Crippen LogP contribution in [-0.2, 0) is 6.61 Å². The van der Waals surface area contributed by atoms with Crippen molar-refractivity contribution >= 4 is 17.9 Å². The lowest BCUT2D eigenvalue weighted by atomic mass is 10.2. The number of aryl methyl sites for hydroxylation is 1. The second-order valence-corrected chi connectivity index (χ2v) is 3.87. The number of nitrogens with zero attached hydrogens (tertiary/aromatic N) is 2. The molecule has 0 fully saturated rings. The van der Waals surface area contributed by atoms with Gasteiger partial charge in [0.25, 0.3) is 16.4 Å². The number of nitro groups is 1. The molecule has 0 aliphatic carbocycles. The number of aromatic nitrogens is 2. The first-order valence-electron chi connectivity index (χ1n) is 4.98. The summed E-state index contributed by atoms with van der Waals surface area (Å²) in [5, 5.41) is 16.9. The first-order chi connectivity index (χ1) is 8.56. The number of hydrogen-bond acceptors (Lipinski definition) is 6. The van der Waals surface area contributed by atoms with Crippen LogP contribution in [0.4, 0.5) is 5.69 Å². The van der Waals surface area contributed by atoms with Gasteiger partial charge >= 0.3 is 0 Å². The third kappa shape index (κ3) is 2.72. The summed E-state index contributed by atoms with van der Waals surface area (Å²) in [4.78, 5) is 10.4. The molecule has 2 aromatic rings. The summed E-state index contributed by atoms with van der Waals surface area (Å²) >= 11 is 4.72. The van der Waals surface area contributed by atoms with E-state index in [-0.39, 0.29) is 17.1 Å². The van der Waals surface area contributed by atoms with Gasteiger partial charge < -0.3 is 9.15 Å². The van der Waals surface area contributed by atoms with Crippen LogP contribution in [-0.4, -0.2) is 15.1 Å². The van der Waals surface area contributed by atoms with E-state index in [2.05, 4.69) is 10.2 Å². The molecule has 0 spiro atoms. The molecule has 1 N–H and O–H groups in total. The van der Waals surface area contributed by atoms with Crippen molar-refractivity contribution in [3.8, 4) is 5.75 Å². The molecular weight excluding hydrogens is 258 g/mol. The number of aromatic amines is 1. The van der Waals surface area contributed by atoms with Gasteiger partial charge in [-0.15, -0.1) is 5.10 Å². The highest BCUT2D eigenvalue weighted by atomic mass is 32.1. The number of hydrogen-bond donors (Lipinski definition) is 1. The van der Waals surface area contributed by atoms with Gasteiger partial charge in [0.15, 0.2) is 6.61 Å². The number of nitrogens with one attached hydrogen (secondary N) is 1. The van der Waals surface area contributed by atoms with E-state index in [1.54, 1.807) is 13.0 Å². The van der Waals surface area contributed by atoms with Crippen molar-refractivity contribution < 1.29 is 14.1 Å². The highest BCUT2D eigenvalue weighted by Gasteiger charge is 2.11. The smallest absolute Gasteiger partial charge is 0.284 e. The van der Waals surface area contributed by atoms with Crippen LogP contribution >= 0.6 is 12.2 Å². The van der Waals surface area contributed by atoms with Gasteiger partial charge in [-0.25, -0.2) is 5.10 Å². The Hall–Kier alpha value is -2.22. The van der Waals surface area contributed by atoms with Crippen molar-refractivity contribution in [1.29, 1.82) is 0 Å². The lowest BCUT2D eigenvalue weighted by Gasteiger charge is -2.04. The molecule has 94 valence electrons. The molecule has 0 saturated heterocycles. The van der Waals surface area contributed by atoms with Crippen LogP contribution in [0.25, 0.3) is 0 Å². The Kier molecular flexibility index (Phi) is 3.38. The van der Waals surface area contributed by atoms with Gasteiger partial charge in [0, 0.05) is 11.6 Å². The highest BCUT2D eigenvalue weighted by molar-refractivity contribution is 7.71. The van der Waals surface area contributed by atoms with Gasteiger partial charge in [-0.2, -0.15) is 0 Å². The minimum Gasteiger partial charge on any atom is -0.484 e. The third-order valence-electron chi connectivity index (χ3n) is 2.21. The average Bonchev–Trinajstić information content (AvgIpc) is 2.72. The Morgan fingerprint density at radius 3 is 2.94 bits per heavy atom. The fraction of sp³-hybridized carbons (Fsp3) is 0.200.